The zero-order chi connectivity index (χ0) is 12.3. The first-order valence-corrected chi connectivity index (χ1v) is 5.45. The van der Waals surface area contributed by atoms with Crippen LogP contribution in [0.5, 0.6) is 0 Å². The van der Waals surface area contributed by atoms with Crippen LogP contribution in [0, 0.1) is 11.3 Å². The van der Waals surface area contributed by atoms with Gasteiger partial charge in [-0.3, -0.25) is 0 Å². The summed E-state index contributed by atoms with van der Waals surface area (Å²) < 4.78 is 2.00. The van der Waals surface area contributed by atoms with Crippen molar-refractivity contribution in [2.45, 2.75) is 19.5 Å². The molecule has 17 heavy (non-hydrogen) atoms. The second-order valence-corrected chi connectivity index (χ2v) is 4.05. The monoisotopic (exact) mass is 226 g/mol. The predicted octanol–water partition coefficient (Wildman–Crippen LogP) is 1.82. The minimum absolute atomic E-state index is 0.0448. The number of hydrogen-bond acceptors (Lipinski definition) is 3. The average Bonchev–Trinajstić information content (AvgIpc) is 2.77. The second kappa shape index (κ2) is 4.81. The first-order valence-electron chi connectivity index (χ1n) is 5.45. The third kappa shape index (κ3) is 2.52. The molecule has 0 saturated heterocycles. The van der Waals surface area contributed by atoms with Crippen LogP contribution in [0.2, 0.25) is 0 Å². The number of rotatable bonds is 3. The molecule has 0 spiro atoms. The highest BCUT2D eigenvalue weighted by molar-refractivity contribution is 5.33. The van der Waals surface area contributed by atoms with E-state index in [0.717, 1.165) is 11.3 Å². The number of benzene rings is 1. The van der Waals surface area contributed by atoms with E-state index in [0.29, 0.717) is 12.1 Å². The van der Waals surface area contributed by atoms with Crippen LogP contribution in [0.3, 0.4) is 0 Å². The molecule has 2 N–H and O–H groups in total. The second-order valence-electron chi connectivity index (χ2n) is 4.05. The Kier molecular flexibility index (Phi) is 3.22. The van der Waals surface area contributed by atoms with E-state index in [9.17, 15) is 0 Å². The number of nitrogens with two attached hydrogens (primary N) is 1. The summed E-state index contributed by atoms with van der Waals surface area (Å²) in [4.78, 5) is 4.10. The van der Waals surface area contributed by atoms with Crippen molar-refractivity contribution in [3.05, 3.63) is 53.6 Å². The topological polar surface area (TPSA) is 67.6 Å². The van der Waals surface area contributed by atoms with Gasteiger partial charge in [0.2, 0.25) is 0 Å². The van der Waals surface area contributed by atoms with E-state index in [4.69, 9.17) is 11.0 Å². The van der Waals surface area contributed by atoms with Crippen molar-refractivity contribution in [1.82, 2.24) is 9.55 Å². The minimum Gasteiger partial charge on any atom is -0.329 e. The average molecular weight is 226 g/mol. The lowest BCUT2D eigenvalue weighted by atomic mass is 10.1. The van der Waals surface area contributed by atoms with Crippen molar-refractivity contribution >= 4 is 0 Å². The third-order valence-corrected chi connectivity index (χ3v) is 2.62. The molecule has 0 bridgehead atoms. The van der Waals surface area contributed by atoms with Crippen LogP contribution in [-0.2, 0) is 6.54 Å². The van der Waals surface area contributed by atoms with Gasteiger partial charge in [0.25, 0.3) is 0 Å². The smallest absolute Gasteiger partial charge is 0.0991 e. The number of imidazole rings is 1. The van der Waals surface area contributed by atoms with E-state index in [1.807, 2.05) is 29.7 Å². The molecule has 0 radical (unpaired) electrons. The van der Waals surface area contributed by atoms with Crippen molar-refractivity contribution < 1.29 is 0 Å². The van der Waals surface area contributed by atoms with Gasteiger partial charge in [-0.05, 0) is 24.6 Å². The minimum atomic E-state index is -0.0448. The Morgan fingerprint density at radius 1 is 1.53 bits per heavy atom. The fourth-order valence-electron chi connectivity index (χ4n) is 1.78. The van der Waals surface area contributed by atoms with Crippen LogP contribution < -0.4 is 5.73 Å². The molecule has 0 aliphatic rings. The quantitative estimate of drug-likeness (QED) is 0.868. The lowest BCUT2D eigenvalue weighted by Crippen LogP contribution is -2.12. The molecule has 4 heteroatoms. The number of aromatic nitrogens is 2. The summed E-state index contributed by atoms with van der Waals surface area (Å²) in [7, 11) is 0. The highest BCUT2D eigenvalue weighted by atomic mass is 15.1. The molecule has 0 saturated carbocycles. The summed E-state index contributed by atoms with van der Waals surface area (Å²) in [5.74, 6) is 0. The molecule has 1 aromatic carbocycles. The van der Waals surface area contributed by atoms with Crippen molar-refractivity contribution in [2.75, 3.05) is 0 Å². The van der Waals surface area contributed by atoms with Gasteiger partial charge < -0.3 is 10.3 Å². The number of nitriles is 1. The van der Waals surface area contributed by atoms with Gasteiger partial charge in [-0.1, -0.05) is 12.1 Å². The standard InChI is InChI=1S/C13H14N4/c1-10(15)13-7-16-9-17(13)8-12-4-2-3-11(5-12)6-14/h2-5,7,9-10H,8,15H2,1H3. The lowest BCUT2D eigenvalue weighted by Gasteiger charge is -2.10. The first-order chi connectivity index (χ1) is 8.20. The molecule has 1 atom stereocenters. The van der Waals surface area contributed by atoms with Gasteiger partial charge in [0.05, 0.1) is 23.7 Å². The predicted molar refractivity (Wildman–Crippen MR) is 65.1 cm³/mol. The van der Waals surface area contributed by atoms with E-state index < -0.39 is 0 Å². The van der Waals surface area contributed by atoms with E-state index in [-0.39, 0.29) is 6.04 Å². The number of hydrogen-bond donors (Lipinski definition) is 1. The largest absolute Gasteiger partial charge is 0.329 e. The lowest BCUT2D eigenvalue weighted by molar-refractivity contribution is 0.674. The summed E-state index contributed by atoms with van der Waals surface area (Å²) in [5.41, 5.74) is 8.59. The van der Waals surface area contributed by atoms with E-state index in [1.165, 1.54) is 0 Å². The maximum Gasteiger partial charge on any atom is 0.0991 e. The molecule has 86 valence electrons. The summed E-state index contributed by atoms with van der Waals surface area (Å²) >= 11 is 0. The third-order valence-electron chi connectivity index (χ3n) is 2.62. The molecule has 2 rings (SSSR count). The summed E-state index contributed by atoms with van der Waals surface area (Å²) in [5, 5.41) is 8.84. The van der Waals surface area contributed by atoms with E-state index >= 15 is 0 Å². The van der Waals surface area contributed by atoms with Crippen LogP contribution in [0.25, 0.3) is 0 Å². The van der Waals surface area contributed by atoms with Crippen LogP contribution in [-0.4, -0.2) is 9.55 Å². The summed E-state index contributed by atoms with van der Waals surface area (Å²) in [6, 6.07) is 9.64. The molecule has 1 unspecified atom stereocenters. The highest BCUT2D eigenvalue weighted by Crippen LogP contribution is 2.12. The molecule has 4 nitrogen and oxygen atoms in total. The van der Waals surface area contributed by atoms with Gasteiger partial charge in [-0.2, -0.15) is 5.26 Å². The first kappa shape index (κ1) is 11.4. The van der Waals surface area contributed by atoms with Crippen LogP contribution >= 0.6 is 0 Å². The Morgan fingerprint density at radius 3 is 3.06 bits per heavy atom. The zero-order valence-electron chi connectivity index (χ0n) is 9.67. The summed E-state index contributed by atoms with van der Waals surface area (Å²) in [6.45, 7) is 2.62. The Labute approximate surface area is 100 Å². The van der Waals surface area contributed by atoms with Crippen LogP contribution in [0.15, 0.2) is 36.8 Å². The maximum absolute atomic E-state index is 8.84. The molecule has 0 amide bonds. The van der Waals surface area contributed by atoms with E-state index in [2.05, 4.69) is 11.1 Å². The van der Waals surface area contributed by atoms with Gasteiger partial charge in [0, 0.05) is 18.8 Å². The molecular formula is C13H14N4. The van der Waals surface area contributed by atoms with Gasteiger partial charge >= 0.3 is 0 Å². The Hall–Kier alpha value is -2.12. The fourth-order valence-corrected chi connectivity index (χ4v) is 1.78. The van der Waals surface area contributed by atoms with Crippen LogP contribution in [0.1, 0.15) is 29.8 Å². The van der Waals surface area contributed by atoms with Gasteiger partial charge in [0.15, 0.2) is 0 Å². The highest BCUT2D eigenvalue weighted by Gasteiger charge is 2.07. The molecule has 1 heterocycles. The fraction of sp³-hybridized carbons (Fsp3) is 0.231. The van der Waals surface area contributed by atoms with Gasteiger partial charge in [-0.25, -0.2) is 4.98 Å². The summed E-state index contributed by atoms with van der Waals surface area (Å²) in [6.07, 6.45) is 3.54. The Morgan fingerprint density at radius 2 is 2.35 bits per heavy atom. The molecule has 2 aromatic rings. The maximum atomic E-state index is 8.84. The molecule has 0 aliphatic heterocycles. The van der Waals surface area contributed by atoms with E-state index in [1.54, 1.807) is 18.6 Å². The van der Waals surface area contributed by atoms with Gasteiger partial charge in [0.1, 0.15) is 0 Å². The number of nitrogens with zero attached hydrogens (tertiary/aromatic N) is 3. The molecule has 1 aromatic heterocycles. The van der Waals surface area contributed by atoms with Crippen molar-refractivity contribution in [2.24, 2.45) is 5.73 Å². The molecule has 0 fully saturated rings. The van der Waals surface area contributed by atoms with Crippen LogP contribution in [0.4, 0.5) is 0 Å². The molecular weight excluding hydrogens is 212 g/mol. The molecule has 0 aliphatic carbocycles. The Balaban J connectivity index is 2.26. The van der Waals surface area contributed by atoms with Crippen molar-refractivity contribution in [3.63, 3.8) is 0 Å². The van der Waals surface area contributed by atoms with Gasteiger partial charge in [-0.15, -0.1) is 0 Å². The van der Waals surface area contributed by atoms with Crippen molar-refractivity contribution in [1.29, 1.82) is 5.26 Å². The van der Waals surface area contributed by atoms with Crippen molar-refractivity contribution in [3.8, 4) is 6.07 Å². The Bertz CT molecular complexity index is 549. The SMILES string of the molecule is CC(N)c1cncn1Cc1cccc(C#N)c1. The normalized spacial score (nSPS) is 12.1. The zero-order valence-corrected chi connectivity index (χ0v) is 9.67.